The molecule has 0 bridgehead atoms. The number of hydrogen-bond acceptors (Lipinski definition) is 7. The molecule has 0 radical (unpaired) electrons. The Morgan fingerprint density at radius 1 is 1.11 bits per heavy atom. The molecular formula is C33H28N8O3. The Morgan fingerprint density at radius 2 is 1.93 bits per heavy atom. The molecule has 0 saturated carbocycles. The highest BCUT2D eigenvalue weighted by Crippen LogP contribution is 2.26. The van der Waals surface area contributed by atoms with Crippen molar-refractivity contribution >= 4 is 28.1 Å². The number of amides is 1. The second-order valence-corrected chi connectivity index (χ2v) is 10.6. The molecule has 1 amide bonds. The fourth-order valence-corrected chi connectivity index (χ4v) is 5.77. The Labute approximate surface area is 251 Å². The summed E-state index contributed by atoms with van der Waals surface area (Å²) in [4.78, 5) is 32.2. The van der Waals surface area contributed by atoms with Gasteiger partial charge in [-0.1, -0.05) is 24.0 Å². The monoisotopic (exact) mass is 584 g/mol. The molecule has 6 aromatic rings. The summed E-state index contributed by atoms with van der Waals surface area (Å²) in [5.74, 6) is 6.76. The van der Waals surface area contributed by atoms with Gasteiger partial charge in [0, 0.05) is 35.9 Å². The highest BCUT2D eigenvalue weighted by atomic mass is 16.5. The topological polar surface area (TPSA) is 134 Å². The van der Waals surface area contributed by atoms with Crippen molar-refractivity contribution in [2.75, 3.05) is 12.8 Å². The van der Waals surface area contributed by atoms with Crippen LogP contribution in [0.3, 0.4) is 0 Å². The predicted molar refractivity (Wildman–Crippen MR) is 166 cm³/mol. The number of pyridine rings is 1. The standard InChI is InChI=1S/C33H28N8O3/c1-20(37-32(42)29-30(34)38-40-17-5-15-35-31(29)40)27-18-22-7-3-6-21(9-10-23-19-36-39-16-4-8-26(23)39)28(22)33(43)41(27)24-11-13-25(44-2)14-12-24/h3,5-7,11-15,17-20H,4,8,16H2,1-2H3,(H2,34,38)(H,37,42). The van der Waals surface area contributed by atoms with Crippen molar-refractivity contribution in [3.8, 4) is 23.3 Å². The van der Waals surface area contributed by atoms with Crippen LogP contribution in [-0.2, 0) is 13.0 Å². The van der Waals surface area contributed by atoms with Gasteiger partial charge in [-0.15, -0.1) is 5.10 Å². The molecule has 0 saturated heterocycles. The van der Waals surface area contributed by atoms with E-state index in [2.05, 4.69) is 32.3 Å². The van der Waals surface area contributed by atoms with E-state index in [1.165, 1.54) is 4.52 Å². The number of aromatic nitrogens is 6. The first kappa shape index (κ1) is 27.0. The summed E-state index contributed by atoms with van der Waals surface area (Å²) in [7, 11) is 1.59. The molecule has 5 heterocycles. The van der Waals surface area contributed by atoms with Gasteiger partial charge in [0.2, 0.25) is 0 Å². The van der Waals surface area contributed by atoms with E-state index in [-0.39, 0.29) is 16.9 Å². The lowest BCUT2D eigenvalue weighted by molar-refractivity contribution is 0.0941. The van der Waals surface area contributed by atoms with E-state index in [4.69, 9.17) is 10.5 Å². The number of nitrogens with zero attached hydrogens (tertiary/aromatic N) is 6. The Kier molecular flexibility index (Phi) is 6.59. The smallest absolute Gasteiger partial charge is 0.264 e. The molecule has 1 aliphatic heterocycles. The number of aryl methyl sites for hydroxylation is 1. The number of nitrogens with two attached hydrogens (primary N) is 1. The normalized spacial score (nSPS) is 13.0. The third-order valence-corrected chi connectivity index (χ3v) is 7.91. The van der Waals surface area contributed by atoms with Crippen molar-refractivity contribution in [1.82, 2.24) is 34.3 Å². The van der Waals surface area contributed by atoms with E-state index in [1.807, 2.05) is 48.0 Å². The molecule has 2 aromatic carbocycles. The van der Waals surface area contributed by atoms with Gasteiger partial charge in [-0.05, 0) is 67.6 Å². The van der Waals surface area contributed by atoms with E-state index < -0.39 is 11.9 Å². The largest absolute Gasteiger partial charge is 0.497 e. The van der Waals surface area contributed by atoms with Crippen LogP contribution >= 0.6 is 0 Å². The first-order chi connectivity index (χ1) is 21.4. The quantitative estimate of drug-likeness (QED) is 0.296. The van der Waals surface area contributed by atoms with Crippen LogP contribution in [0.25, 0.3) is 22.1 Å². The minimum Gasteiger partial charge on any atom is -0.497 e. The van der Waals surface area contributed by atoms with Crippen LogP contribution in [0.4, 0.5) is 5.82 Å². The molecule has 0 spiro atoms. The average Bonchev–Trinajstić information content (AvgIpc) is 3.74. The van der Waals surface area contributed by atoms with E-state index in [0.29, 0.717) is 39.1 Å². The van der Waals surface area contributed by atoms with Crippen LogP contribution in [-0.4, -0.2) is 42.0 Å². The summed E-state index contributed by atoms with van der Waals surface area (Å²) in [6, 6.07) is 15.8. The van der Waals surface area contributed by atoms with Crippen molar-refractivity contribution in [2.24, 2.45) is 0 Å². The summed E-state index contributed by atoms with van der Waals surface area (Å²) in [5, 5.41) is 12.8. The fraction of sp³-hybridized carbons (Fsp3) is 0.182. The molecule has 11 nitrogen and oxygen atoms in total. The van der Waals surface area contributed by atoms with Crippen LogP contribution in [0.5, 0.6) is 5.75 Å². The van der Waals surface area contributed by atoms with Crippen molar-refractivity contribution in [1.29, 1.82) is 0 Å². The zero-order valence-corrected chi connectivity index (χ0v) is 24.1. The Hall–Kier alpha value is -5.89. The Bertz CT molecular complexity index is 2200. The second kappa shape index (κ2) is 10.7. The molecule has 44 heavy (non-hydrogen) atoms. The number of carbonyl (C=O) groups is 1. The summed E-state index contributed by atoms with van der Waals surface area (Å²) >= 11 is 0. The summed E-state index contributed by atoms with van der Waals surface area (Å²) in [6.45, 7) is 2.72. The van der Waals surface area contributed by atoms with E-state index >= 15 is 0 Å². The highest BCUT2D eigenvalue weighted by Gasteiger charge is 2.24. The maximum absolute atomic E-state index is 14.4. The zero-order chi connectivity index (χ0) is 30.4. The number of anilines is 1. The van der Waals surface area contributed by atoms with Gasteiger partial charge in [0.15, 0.2) is 11.5 Å². The van der Waals surface area contributed by atoms with Gasteiger partial charge < -0.3 is 15.8 Å². The van der Waals surface area contributed by atoms with E-state index in [9.17, 15) is 9.59 Å². The molecule has 0 aliphatic carbocycles. The molecule has 4 aromatic heterocycles. The van der Waals surface area contributed by atoms with Crippen molar-refractivity contribution in [2.45, 2.75) is 32.4 Å². The zero-order valence-electron chi connectivity index (χ0n) is 24.1. The van der Waals surface area contributed by atoms with E-state index in [0.717, 1.165) is 30.6 Å². The minimum atomic E-state index is -0.607. The van der Waals surface area contributed by atoms with Crippen molar-refractivity contribution in [3.63, 3.8) is 0 Å². The van der Waals surface area contributed by atoms with Crippen LogP contribution in [0, 0.1) is 11.8 Å². The van der Waals surface area contributed by atoms with Crippen molar-refractivity contribution < 1.29 is 9.53 Å². The molecule has 218 valence electrons. The third-order valence-electron chi connectivity index (χ3n) is 7.91. The van der Waals surface area contributed by atoms with Crippen LogP contribution in [0.1, 0.15) is 52.3 Å². The lowest BCUT2D eigenvalue weighted by atomic mass is 10.0. The number of fused-ring (bicyclic) bond motifs is 3. The molecule has 7 rings (SSSR count). The van der Waals surface area contributed by atoms with Gasteiger partial charge in [0.05, 0.1) is 36.0 Å². The van der Waals surface area contributed by atoms with E-state index in [1.54, 1.807) is 48.5 Å². The molecule has 3 N–H and O–H groups in total. The number of rotatable bonds is 5. The number of benzene rings is 2. The number of carbonyl (C=O) groups excluding carboxylic acids is 1. The molecule has 1 aliphatic rings. The SMILES string of the molecule is COc1ccc(-n2c(C(C)NC(=O)c3c(N)nn4cccnc34)cc3cccc(C#Cc4cnn5c4CCC5)c3c2=O)cc1. The lowest BCUT2D eigenvalue weighted by Crippen LogP contribution is -2.32. The number of nitrogens with one attached hydrogen (secondary N) is 1. The summed E-state index contributed by atoms with van der Waals surface area (Å²) in [6.07, 6.45) is 7.02. The van der Waals surface area contributed by atoms with Crippen LogP contribution < -0.4 is 21.3 Å². The van der Waals surface area contributed by atoms with Crippen molar-refractivity contribution in [3.05, 3.63) is 112 Å². The third kappa shape index (κ3) is 4.53. The Balaban J connectivity index is 1.35. The predicted octanol–water partition coefficient (Wildman–Crippen LogP) is 3.66. The van der Waals surface area contributed by atoms with Crippen LogP contribution in [0.2, 0.25) is 0 Å². The molecule has 11 heteroatoms. The summed E-state index contributed by atoms with van der Waals surface area (Å²) in [5.41, 5.74) is 10.2. The summed E-state index contributed by atoms with van der Waals surface area (Å²) < 4.78 is 10.4. The van der Waals surface area contributed by atoms with Gasteiger partial charge >= 0.3 is 0 Å². The van der Waals surface area contributed by atoms with Gasteiger partial charge in [0.1, 0.15) is 11.3 Å². The minimum absolute atomic E-state index is 0.0618. The number of ether oxygens (including phenoxy) is 1. The average molecular weight is 585 g/mol. The molecular weight excluding hydrogens is 556 g/mol. The number of nitrogen functional groups attached to an aromatic ring is 1. The fourth-order valence-electron chi connectivity index (χ4n) is 5.77. The van der Waals surface area contributed by atoms with Gasteiger partial charge in [-0.2, -0.15) is 5.10 Å². The molecule has 1 atom stereocenters. The van der Waals surface area contributed by atoms with Gasteiger partial charge in [-0.3, -0.25) is 18.8 Å². The highest BCUT2D eigenvalue weighted by molar-refractivity contribution is 6.04. The lowest BCUT2D eigenvalue weighted by Gasteiger charge is -2.21. The first-order valence-electron chi connectivity index (χ1n) is 14.2. The molecule has 1 unspecified atom stereocenters. The van der Waals surface area contributed by atoms with Gasteiger partial charge in [0.25, 0.3) is 11.5 Å². The van der Waals surface area contributed by atoms with Crippen LogP contribution in [0.15, 0.2) is 78.0 Å². The maximum atomic E-state index is 14.4. The first-order valence-corrected chi connectivity index (χ1v) is 14.2. The maximum Gasteiger partial charge on any atom is 0.264 e. The second-order valence-electron chi connectivity index (χ2n) is 10.6. The Morgan fingerprint density at radius 3 is 2.75 bits per heavy atom. The number of hydrogen-bond donors (Lipinski definition) is 2. The molecule has 0 fully saturated rings. The number of methoxy groups -OCH3 is 1. The van der Waals surface area contributed by atoms with Gasteiger partial charge in [-0.25, -0.2) is 9.50 Å².